The number of carbonyl (C=O) groups excluding carboxylic acids is 2. The number of rotatable bonds is 5. The van der Waals surface area contributed by atoms with Gasteiger partial charge in [-0.15, -0.1) is 0 Å². The second kappa shape index (κ2) is 7.40. The second-order valence-electron chi connectivity index (χ2n) is 4.78. The zero-order valence-corrected chi connectivity index (χ0v) is 13.2. The van der Waals surface area contributed by atoms with Crippen molar-refractivity contribution in [3.05, 3.63) is 53.3 Å². The third kappa shape index (κ3) is 4.06. The van der Waals surface area contributed by atoms with Crippen LogP contribution in [0.15, 0.2) is 36.5 Å². The Balaban J connectivity index is 2.39. The molecule has 120 valence electrons. The van der Waals surface area contributed by atoms with Gasteiger partial charge in [0, 0.05) is 13.1 Å². The molecule has 1 aromatic carbocycles. The van der Waals surface area contributed by atoms with Gasteiger partial charge in [-0.1, -0.05) is 30.3 Å². The van der Waals surface area contributed by atoms with E-state index >= 15 is 0 Å². The minimum atomic E-state index is -0.654. The average Bonchev–Trinajstić information content (AvgIpc) is 2.54. The molecule has 0 fully saturated rings. The molecule has 1 aromatic heterocycles. The lowest BCUT2D eigenvalue weighted by molar-refractivity contribution is -0.132. The number of aryl methyl sites for hydroxylation is 1. The first-order valence-electron chi connectivity index (χ1n) is 6.96. The van der Waals surface area contributed by atoms with E-state index < -0.39 is 11.9 Å². The van der Waals surface area contributed by atoms with Gasteiger partial charge >= 0.3 is 11.9 Å². The van der Waals surface area contributed by atoms with E-state index in [2.05, 4.69) is 4.98 Å². The lowest BCUT2D eigenvalue weighted by Gasteiger charge is -2.15. The third-order valence-corrected chi connectivity index (χ3v) is 3.04. The molecule has 2 rings (SSSR count). The van der Waals surface area contributed by atoms with Crippen molar-refractivity contribution in [1.82, 2.24) is 4.98 Å². The standard InChI is InChI=1S/C17H17NO5/c1-11-15(22-10-13-7-5-4-6-8-13)16(23-12(2)19)14(9-18-11)17(20)21-3/h4-9H,10H2,1-3H3. The second-order valence-corrected chi connectivity index (χ2v) is 4.78. The van der Waals surface area contributed by atoms with Crippen molar-refractivity contribution in [2.75, 3.05) is 7.11 Å². The molecule has 23 heavy (non-hydrogen) atoms. The smallest absolute Gasteiger partial charge is 0.343 e. The molecule has 0 spiro atoms. The number of esters is 2. The third-order valence-electron chi connectivity index (χ3n) is 3.04. The highest BCUT2D eigenvalue weighted by Crippen LogP contribution is 2.34. The summed E-state index contributed by atoms with van der Waals surface area (Å²) < 4.78 is 15.6. The van der Waals surface area contributed by atoms with Crippen LogP contribution in [0.3, 0.4) is 0 Å². The van der Waals surface area contributed by atoms with E-state index in [0.29, 0.717) is 5.69 Å². The summed E-state index contributed by atoms with van der Waals surface area (Å²) in [7, 11) is 1.24. The largest absolute Gasteiger partial charge is 0.483 e. The first kappa shape index (κ1) is 16.5. The molecule has 0 aliphatic heterocycles. The zero-order chi connectivity index (χ0) is 16.8. The van der Waals surface area contributed by atoms with Crippen LogP contribution >= 0.6 is 0 Å². The lowest BCUT2D eigenvalue weighted by Crippen LogP contribution is -2.12. The number of benzene rings is 1. The van der Waals surface area contributed by atoms with Crippen molar-refractivity contribution in [2.24, 2.45) is 0 Å². The summed E-state index contributed by atoms with van der Waals surface area (Å²) in [6.07, 6.45) is 1.30. The van der Waals surface area contributed by atoms with Gasteiger partial charge < -0.3 is 14.2 Å². The Hall–Kier alpha value is -2.89. The van der Waals surface area contributed by atoms with Crippen LogP contribution in [0.1, 0.15) is 28.5 Å². The van der Waals surface area contributed by atoms with Crippen LogP contribution in [0.5, 0.6) is 11.5 Å². The molecule has 0 aliphatic rings. The van der Waals surface area contributed by atoms with Crippen molar-refractivity contribution in [2.45, 2.75) is 20.5 Å². The van der Waals surface area contributed by atoms with Crippen LogP contribution in [0.4, 0.5) is 0 Å². The zero-order valence-electron chi connectivity index (χ0n) is 13.2. The summed E-state index contributed by atoms with van der Waals surface area (Å²) in [6.45, 7) is 3.20. The van der Waals surface area contributed by atoms with E-state index in [1.54, 1.807) is 6.92 Å². The summed E-state index contributed by atoms with van der Waals surface area (Å²) in [4.78, 5) is 27.3. The normalized spacial score (nSPS) is 10.0. The number of hydrogen-bond donors (Lipinski definition) is 0. The van der Waals surface area contributed by atoms with Gasteiger partial charge in [0.2, 0.25) is 0 Å². The van der Waals surface area contributed by atoms with E-state index in [4.69, 9.17) is 14.2 Å². The highest BCUT2D eigenvalue weighted by atomic mass is 16.6. The van der Waals surface area contributed by atoms with Crippen LogP contribution in [0.25, 0.3) is 0 Å². The first-order chi connectivity index (χ1) is 11.0. The fraction of sp³-hybridized carbons (Fsp3) is 0.235. The molecular formula is C17H17NO5. The van der Waals surface area contributed by atoms with Crippen LogP contribution in [-0.2, 0) is 16.1 Å². The van der Waals surface area contributed by atoms with Gasteiger partial charge in [-0.2, -0.15) is 0 Å². The fourth-order valence-corrected chi connectivity index (χ4v) is 1.97. The number of carbonyl (C=O) groups is 2. The van der Waals surface area contributed by atoms with Crippen LogP contribution in [0, 0.1) is 6.92 Å². The van der Waals surface area contributed by atoms with Gasteiger partial charge in [0.1, 0.15) is 12.2 Å². The van der Waals surface area contributed by atoms with Gasteiger partial charge in [-0.05, 0) is 12.5 Å². The SMILES string of the molecule is COC(=O)c1cnc(C)c(OCc2ccccc2)c1OC(C)=O. The highest BCUT2D eigenvalue weighted by Gasteiger charge is 2.23. The molecular weight excluding hydrogens is 298 g/mol. The molecule has 1 heterocycles. The van der Waals surface area contributed by atoms with Crippen molar-refractivity contribution in [1.29, 1.82) is 0 Å². The Morgan fingerprint density at radius 2 is 1.83 bits per heavy atom. The molecule has 6 heteroatoms. The topological polar surface area (TPSA) is 74.7 Å². The van der Waals surface area contributed by atoms with Gasteiger partial charge in [0.15, 0.2) is 11.5 Å². The molecule has 0 N–H and O–H groups in total. The summed E-state index contributed by atoms with van der Waals surface area (Å²) >= 11 is 0. The van der Waals surface area contributed by atoms with Crippen molar-refractivity contribution >= 4 is 11.9 Å². The fourth-order valence-electron chi connectivity index (χ4n) is 1.97. The van der Waals surface area contributed by atoms with E-state index in [0.717, 1.165) is 5.56 Å². The van der Waals surface area contributed by atoms with Gasteiger partial charge in [-0.3, -0.25) is 9.78 Å². The molecule has 6 nitrogen and oxygen atoms in total. The Labute approximate surface area is 134 Å². The number of ether oxygens (including phenoxy) is 3. The Bertz CT molecular complexity index is 712. The van der Waals surface area contributed by atoms with E-state index in [1.807, 2.05) is 30.3 Å². The quantitative estimate of drug-likeness (QED) is 0.790. The molecule has 0 atom stereocenters. The molecule has 0 bridgehead atoms. The molecule has 0 aliphatic carbocycles. The minimum Gasteiger partial charge on any atom is -0.483 e. The van der Waals surface area contributed by atoms with Crippen LogP contribution in [0.2, 0.25) is 0 Å². The maximum Gasteiger partial charge on any atom is 0.343 e. The molecule has 0 saturated carbocycles. The first-order valence-corrected chi connectivity index (χ1v) is 6.96. The molecule has 0 unspecified atom stereocenters. The number of methoxy groups -OCH3 is 1. The molecule has 0 radical (unpaired) electrons. The predicted molar refractivity (Wildman–Crippen MR) is 82.4 cm³/mol. The maximum absolute atomic E-state index is 11.8. The predicted octanol–water partition coefficient (Wildman–Crippen LogP) is 2.68. The van der Waals surface area contributed by atoms with Gasteiger partial charge in [0.05, 0.1) is 12.8 Å². The van der Waals surface area contributed by atoms with Crippen LogP contribution < -0.4 is 9.47 Å². The molecule has 0 amide bonds. The van der Waals surface area contributed by atoms with Crippen molar-refractivity contribution in [3.63, 3.8) is 0 Å². The Morgan fingerprint density at radius 1 is 1.13 bits per heavy atom. The van der Waals surface area contributed by atoms with Gasteiger partial charge in [-0.25, -0.2) is 4.79 Å². The van der Waals surface area contributed by atoms with Crippen molar-refractivity contribution < 1.29 is 23.8 Å². The van der Waals surface area contributed by atoms with E-state index in [9.17, 15) is 9.59 Å². The summed E-state index contributed by atoms with van der Waals surface area (Å²) in [5, 5.41) is 0. The number of pyridine rings is 1. The van der Waals surface area contributed by atoms with Crippen molar-refractivity contribution in [3.8, 4) is 11.5 Å². The average molecular weight is 315 g/mol. The lowest BCUT2D eigenvalue weighted by atomic mass is 10.2. The van der Waals surface area contributed by atoms with Crippen LogP contribution in [-0.4, -0.2) is 24.0 Å². The maximum atomic E-state index is 11.8. The number of aromatic nitrogens is 1. The number of nitrogens with zero attached hydrogens (tertiary/aromatic N) is 1. The molecule has 2 aromatic rings. The summed E-state index contributed by atoms with van der Waals surface area (Å²) in [5.41, 5.74) is 1.48. The van der Waals surface area contributed by atoms with E-state index in [1.165, 1.54) is 20.2 Å². The molecule has 0 saturated heterocycles. The number of hydrogen-bond acceptors (Lipinski definition) is 6. The Kier molecular flexibility index (Phi) is 5.30. The summed E-state index contributed by atoms with van der Waals surface area (Å²) in [5.74, 6) is -0.955. The monoisotopic (exact) mass is 315 g/mol. The summed E-state index contributed by atoms with van der Waals surface area (Å²) in [6, 6.07) is 9.48. The highest BCUT2D eigenvalue weighted by molar-refractivity contribution is 5.94. The van der Waals surface area contributed by atoms with Gasteiger partial charge in [0.25, 0.3) is 0 Å². The minimum absolute atomic E-state index is 0.0211. The Morgan fingerprint density at radius 3 is 2.43 bits per heavy atom. The van der Waals surface area contributed by atoms with E-state index in [-0.39, 0.29) is 23.7 Å².